The molecule has 1 aliphatic rings. The molecular formula is C7H7F3O2. The molecule has 1 atom stereocenters. The molecule has 0 amide bonds. The molecule has 1 aliphatic carbocycles. The van der Waals surface area contributed by atoms with E-state index in [0.717, 1.165) is 12.2 Å². The van der Waals surface area contributed by atoms with Crippen LogP contribution in [-0.4, -0.2) is 24.0 Å². The Kier molecular flexibility index (Phi) is 2.42. The summed E-state index contributed by atoms with van der Waals surface area (Å²) in [6, 6.07) is 0. The van der Waals surface area contributed by atoms with Crippen molar-refractivity contribution in [3.63, 3.8) is 0 Å². The van der Waals surface area contributed by atoms with Crippen LogP contribution in [-0.2, 0) is 4.74 Å². The molecule has 1 unspecified atom stereocenters. The first kappa shape index (κ1) is 9.12. The molecule has 68 valence electrons. The number of hydrogen-bond acceptors (Lipinski definition) is 2. The summed E-state index contributed by atoms with van der Waals surface area (Å²) in [4.78, 5) is 0. The van der Waals surface area contributed by atoms with Gasteiger partial charge < -0.3 is 9.84 Å². The summed E-state index contributed by atoms with van der Waals surface area (Å²) in [6.07, 6.45) is 0.686. The Morgan fingerprint density at radius 1 is 1.58 bits per heavy atom. The molecule has 0 aromatic rings. The average molecular weight is 180 g/mol. The number of halogens is 3. The largest absolute Gasteiger partial charge is 0.509 e. The minimum absolute atomic E-state index is 0.549. The summed E-state index contributed by atoms with van der Waals surface area (Å²) in [5, 5.41) is 8.87. The highest BCUT2D eigenvalue weighted by Gasteiger charge is 2.42. The highest BCUT2D eigenvalue weighted by Crippen LogP contribution is 2.30. The first-order valence-electron chi connectivity index (χ1n) is 3.21. The zero-order valence-electron chi connectivity index (χ0n) is 6.01. The Labute approximate surface area is 66.9 Å². The summed E-state index contributed by atoms with van der Waals surface area (Å²) in [5.74, 6) is -4.01. The van der Waals surface area contributed by atoms with Gasteiger partial charge in [-0.1, -0.05) is 6.08 Å². The van der Waals surface area contributed by atoms with E-state index >= 15 is 0 Å². The molecule has 0 fully saturated rings. The fourth-order valence-corrected chi connectivity index (χ4v) is 0.906. The molecule has 0 aromatic carbocycles. The van der Waals surface area contributed by atoms with Crippen LogP contribution in [0.4, 0.5) is 13.2 Å². The summed E-state index contributed by atoms with van der Waals surface area (Å²) < 4.78 is 41.1. The number of ether oxygens (including phenoxy) is 1. The van der Waals surface area contributed by atoms with Crippen molar-refractivity contribution in [3.05, 3.63) is 24.0 Å². The molecule has 0 aliphatic heterocycles. The van der Waals surface area contributed by atoms with Gasteiger partial charge in [-0.3, -0.25) is 0 Å². The van der Waals surface area contributed by atoms with E-state index in [1.807, 2.05) is 0 Å². The normalized spacial score (nSPS) is 26.9. The molecule has 0 spiro atoms. The number of allylic oxidation sites excluding steroid dienone is 2. The minimum atomic E-state index is -3.34. The Balaban J connectivity index is 2.80. The van der Waals surface area contributed by atoms with Gasteiger partial charge in [0.1, 0.15) is 5.76 Å². The number of aliphatic hydroxyl groups excluding tert-OH is 1. The number of hydrogen-bond donors (Lipinski definition) is 1. The smallest absolute Gasteiger partial charge is 0.299 e. The molecule has 0 radical (unpaired) electrons. The van der Waals surface area contributed by atoms with Gasteiger partial charge >= 0.3 is 0 Å². The van der Waals surface area contributed by atoms with E-state index in [1.54, 1.807) is 0 Å². The molecule has 0 saturated carbocycles. The van der Waals surface area contributed by atoms with Gasteiger partial charge in [0, 0.05) is 0 Å². The second-order valence-corrected chi connectivity index (χ2v) is 2.28. The van der Waals surface area contributed by atoms with Crippen LogP contribution in [0.5, 0.6) is 0 Å². The van der Waals surface area contributed by atoms with Crippen LogP contribution in [0, 0.1) is 0 Å². The Morgan fingerprint density at radius 2 is 2.25 bits per heavy atom. The molecule has 0 heterocycles. The first-order chi connectivity index (χ1) is 5.58. The van der Waals surface area contributed by atoms with E-state index in [1.165, 1.54) is 0 Å². The van der Waals surface area contributed by atoms with Crippen molar-refractivity contribution in [2.45, 2.75) is 12.0 Å². The SMILES string of the molecule is OC1=CC=CC(F)(F)C1OCF. The van der Waals surface area contributed by atoms with E-state index in [0.29, 0.717) is 6.08 Å². The van der Waals surface area contributed by atoms with E-state index in [4.69, 9.17) is 5.11 Å². The lowest BCUT2D eigenvalue weighted by atomic mass is 10.1. The first-order valence-corrected chi connectivity index (χ1v) is 3.21. The zero-order chi connectivity index (χ0) is 9.19. The van der Waals surface area contributed by atoms with Crippen molar-refractivity contribution in [2.24, 2.45) is 0 Å². The highest BCUT2D eigenvalue weighted by atomic mass is 19.3. The minimum Gasteiger partial charge on any atom is -0.509 e. The van der Waals surface area contributed by atoms with Crippen molar-refractivity contribution < 1.29 is 23.0 Å². The molecule has 12 heavy (non-hydrogen) atoms. The van der Waals surface area contributed by atoms with Gasteiger partial charge in [-0.05, 0) is 12.2 Å². The molecule has 0 aromatic heterocycles. The van der Waals surface area contributed by atoms with Crippen molar-refractivity contribution in [1.29, 1.82) is 0 Å². The van der Waals surface area contributed by atoms with Crippen LogP contribution < -0.4 is 0 Å². The van der Waals surface area contributed by atoms with Gasteiger partial charge in [0.15, 0.2) is 13.0 Å². The monoisotopic (exact) mass is 180 g/mol. The fourth-order valence-electron chi connectivity index (χ4n) is 0.906. The fraction of sp³-hybridized carbons (Fsp3) is 0.429. The van der Waals surface area contributed by atoms with E-state index in [2.05, 4.69) is 4.74 Å². The molecule has 1 N–H and O–H groups in total. The third-order valence-electron chi connectivity index (χ3n) is 1.43. The van der Waals surface area contributed by atoms with Gasteiger partial charge in [-0.25, -0.2) is 4.39 Å². The van der Waals surface area contributed by atoms with Crippen LogP contribution in [0.1, 0.15) is 0 Å². The van der Waals surface area contributed by atoms with E-state index in [-0.39, 0.29) is 0 Å². The van der Waals surface area contributed by atoms with Crippen molar-refractivity contribution >= 4 is 0 Å². The zero-order valence-corrected chi connectivity index (χ0v) is 6.01. The maximum Gasteiger partial charge on any atom is 0.299 e. The van der Waals surface area contributed by atoms with E-state index < -0.39 is 24.6 Å². The van der Waals surface area contributed by atoms with Crippen molar-refractivity contribution in [2.75, 3.05) is 6.86 Å². The van der Waals surface area contributed by atoms with Crippen molar-refractivity contribution in [1.82, 2.24) is 0 Å². The van der Waals surface area contributed by atoms with Crippen LogP contribution in [0.25, 0.3) is 0 Å². The molecule has 0 bridgehead atoms. The Bertz CT molecular complexity index is 223. The number of alkyl halides is 3. The lowest BCUT2D eigenvalue weighted by Gasteiger charge is -2.24. The Hall–Kier alpha value is -0.970. The molecule has 5 heteroatoms. The lowest BCUT2D eigenvalue weighted by molar-refractivity contribution is -0.124. The summed E-state index contributed by atoms with van der Waals surface area (Å²) >= 11 is 0. The second kappa shape index (κ2) is 3.18. The number of rotatable bonds is 2. The predicted octanol–water partition coefficient (Wildman–Crippen LogP) is 1.95. The highest BCUT2D eigenvalue weighted by molar-refractivity contribution is 5.23. The Morgan fingerprint density at radius 3 is 2.75 bits per heavy atom. The third-order valence-corrected chi connectivity index (χ3v) is 1.43. The standard InChI is InChI=1S/C7H7F3O2/c8-4-12-6-5(11)2-1-3-7(6,9)10/h1-3,6,11H,4H2. The average Bonchev–Trinajstić information content (AvgIpc) is 1.97. The molecule has 1 rings (SSSR count). The third kappa shape index (κ3) is 1.61. The second-order valence-electron chi connectivity index (χ2n) is 2.28. The van der Waals surface area contributed by atoms with Crippen LogP contribution in [0.15, 0.2) is 24.0 Å². The quantitative estimate of drug-likeness (QED) is 0.703. The maximum absolute atomic E-state index is 12.7. The maximum atomic E-state index is 12.7. The molecule has 0 saturated heterocycles. The summed E-state index contributed by atoms with van der Waals surface area (Å²) in [6.45, 7) is -1.36. The van der Waals surface area contributed by atoms with Crippen LogP contribution in [0.3, 0.4) is 0 Å². The van der Waals surface area contributed by atoms with Gasteiger partial charge in [0.2, 0.25) is 0 Å². The molecular weight excluding hydrogens is 173 g/mol. The summed E-state index contributed by atoms with van der Waals surface area (Å²) in [7, 11) is 0. The molecule has 2 nitrogen and oxygen atoms in total. The predicted molar refractivity (Wildman–Crippen MR) is 35.6 cm³/mol. The van der Waals surface area contributed by atoms with Gasteiger partial charge in [0.25, 0.3) is 5.92 Å². The van der Waals surface area contributed by atoms with Crippen LogP contribution in [0.2, 0.25) is 0 Å². The lowest BCUT2D eigenvalue weighted by Crippen LogP contribution is -2.37. The van der Waals surface area contributed by atoms with E-state index in [9.17, 15) is 13.2 Å². The van der Waals surface area contributed by atoms with Gasteiger partial charge in [-0.2, -0.15) is 8.78 Å². The summed E-state index contributed by atoms with van der Waals surface area (Å²) in [5.41, 5.74) is 0. The van der Waals surface area contributed by atoms with Crippen molar-refractivity contribution in [3.8, 4) is 0 Å². The van der Waals surface area contributed by atoms with Gasteiger partial charge in [0.05, 0.1) is 0 Å². The van der Waals surface area contributed by atoms with Crippen LogP contribution >= 0.6 is 0 Å². The van der Waals surface area contributed by atoms with Gasteiger partial charge in [-0.15, -0.1) is 0 Å². The number of aliphatic hydroxyl groups is 1. The topological polar surface area (TPSA) is 29.5 Å².